The Kier molecular flexibility index (Phi) is 6.79. The summed E-state index contributed by atoms with van der Waals surface area (Å²) in [5.74, 6) is -0.733. The molecule has 0 bridgehead atoms. The van der Waals surface area contributed by atoms with Crippen LogP contribution >= 0.6 is 22.7 Å². The third kappa shape index (κ3) is 5.18. The van der Waals surface area contributed by atoms with E-state index in [0.29, 0.717) is 12.1 Å². The largest absolute Gasteiger partial charge is 0.449 e. The molecule has 28 heavy (non-hydrogen) atoms. The number of thiophene rings is 2. The fourth-order valence-corrected chi connectivity index (χ4v) is 4.09. The molecule has 0 saturated heterocycles. The number of carbonyl (C=O) groups excluding carboxylic acids is 2. The Morgan fingerprint density at radius 1 is 1.04 bits per heavy atom. The molecule has 1 atom stereocenters. The normalized spacial score (nSPS) is 12.4. The summed E-state index contributed by atoms with van der Waals surface area (Å²) in [5, 5.41) is 3.86. The van der Waals surface area contributed by atoms with Gasteiger partial charge in [0.1, 0.15) is 0 Å². The van der Waals surface area contributed by atoms with Crippen molar-refractivity contribution in [3.63, 3.8) is 0 Å². The number of hydrogen-bond donors (Lipinski definition) is 0. The highest BCUT2D eigenvalue weighted by molar-refractivity contribution is 7.12. The summed E-state index contributed by atoms with van der Waals surface area (Å²) in [5.41, 5.74) is 1.48. The van der Waals surface area contributed by atoms with Gasteiger partial charge in [-0.25, -0.2) is 4.79 Å². The van der Waals surface area contributed by atoms with Gasteiger partial charge in [0, 0.05) is 23.3 Å². The first-order chi connectivity index (χ1) is 13.5. The topological polar surface area (TPSA) is 46.6 Å². The minimum Gasteiger partial charge on any atom is -0.449 e. The van der Waals surface area contributed by atoms with Gasteiger partial charge >= 0.3 is 5.97 Å². The molecule has 2 aromatic heterocycles. The van der Waals surface area contributed by atoms with E-state index >= 15 is 0 Å². The predicted octanol–water partition coefficient (Wildman–Crippen LogP) is 4.94. The fraction of sp³-hybridized carbons (Fsp3) is 0.182. The van der Waals surface area contributed by atoms with Crippen LogP contribution in [0.25, 0.3) is 11.6 Å². The number of esters is 1. The molecule has 1 aromatic carbocycles. The van der Waals surface area contributed by atoms with Crippen molar-refractivity contribution in [3.8, 4) is 0 Å². The van der Waals surface area contributed by atoms with Crippen LogP contribution in [0.2, 0.25) is 0 Å². The molecule has 0 radical (unpaired) electrons. The van der Waals surface area contributed by atoms with Gasteiger partial charge in [-0.3, -0.25) is 4.79 Å². The molecule has 144 valence electrons. The number of rotatable bonds is 7. The number of carbonyl (C=O) groups is 2. The fourth-order valence-electron chi connectivity index (χ4n) is 2.70. The molecular formula is C22H21NO3S2. The van der Waals surface area contributed by atoms with Gasteiger partial charge in [-0.2, -0.15) is 0 Å². The lowest BCUT2D eigenvalue weighted by Crippen LogP contribution is -2.37. The van der Waals surface area contributed by atoms with E-state index in [4.69, 9.17) is 4.74 Å². The van der Waals surface area contributed by atoms with E-state index in [2.05, 4.69) is 0 Å². The average Bonchev–Trinajstić information content (AvgIpc) is 3.40. The molecule has 0 fully saturated rings. The van der Waals surface area contributed by atoms with Crippen molar-refractivity contribution in [1.82, 2.24) is 4.90 Å². The summed E-state index contributed by atoms with van der Waals surface area (Å²) in [6.07, 6.45) is 0.942. The van der Waals surface area contributed by atoms with Crippen LogP contribution in [0, 0.1) is 0 Å². The van der Waals surface area contributed by atoms with Crippen LogP contribution in [0.1, 0.15) is 22.2 Å². The predicted molar refractivity (Wildman–Crippen MR) is 115 cm³/mol. The van der Waals surface area contributed by atoms with E-state index in [1.54, 1.807) is 30.2 Å². The lowest BCUT2D eigenvalue weighted by Gasteiger charge is -2.22. The summed E-state index contributed by atoms with van der Waals surface area (Å²) >= 11 is 3.01. The van der Waals surface area contributed by atoms with Crippen molar-refractivity contribution in [2.75, 3.05) is 7.05 Å². The molecular weight excluding hydrogens is 390 g/mol. The van der Waals surface area contributed by atoms with Gasteiger partial charge in [0.05, 0.1) is 5.57 Å². The smallest absolute Gasteiger partial charge is 0.340 e. The number of ether oxygens (including phenoxy) is 1. The molecule has 0 N–H and O–H groups in total. The molecule has 0 aliphatic heterocycles. The van der Waals surface area contributed by atoms with Gasteiger partial charge in [0.25, 0.3) is 5.91 Å². The molecule has 6 heteroatoms. The van der Waals surface area contributed by atoms with E-state index < -0.39 is 12.1 Å². The van der Waals surface area contributed by atoms with E-state index in [0.717, 1.165) is 15.3 Å². The van der Waals surface area contributed by atoms with Crippen LogP contribution in [-0.2, 0) is 20.9 Å². The Balaban J connectivity index is 1.69. The van der Waals surface area contributed by atoms with Gasteiger partial charge < -0.3 is 9.64 Å². The summed E-state index contributed by atoms with van der Waals surface area (Å²) in [7, 11) is 1.71. The molecule has 4 nitrogen and oxygen atoms in total. The zero-order chi connectivity index (χ0) is 19.9. The third-order valence-corrected chi connectivity index (χ3v) is 5.83. The monoisotopic (exact) mass is 411 g/mol. The minimum atomic E-state index is -0.868. The van der Waals surface area contributed by atoms with Gasteiger partial charge in [-0.15, -0.1) is 22.7 Å². The quantitative estimate of drug-likeness (QED) is 0.409. The summed E-state index contributed by atoms with van der Waals surface area (Å²) in [6.45, 7) is 2.07. The van der Waals surface area contributed by atoms with Gasteiger partial charge in [0.15, 0.2) is 6.10 Å². The van der Waals surface area contributed by atoms with Crippen LogP contribution in [0.15, 0.2) is 65.4 Å². The van der Waals surface area contributed by atoms with Crippen LogP contribution in [0.4, 0.5) is 0 Å². The second kappa shape index (κ2) is 9.48. The maximum absolute atomic E-state index is 12.8. The highest BCUT2D eigenvalue weighted by atomic mass is 32.1. The van der Waals surface area contributed by atoms with Crippen LogP contribution in [0.5, 0.6) is 0 Å². The minimum absolute atomic E-state index is 0.237. The number of amides is 1. The van der Waals surface area contributed by atoms with Gasteiger partial charge in [0.2, 0.25) is 0 Å². The molecule has 3 aromatic rings. The van der Waals surface area contributed by atoms with E-state index in [-0.39, 0.29) is 5.91 Å². The zero-order valence-corrected chi connectivity index (χ0v) is 17.3. The van der Waals surface area contributed by atoms with E-state index in [1.807, 2.05) is 71.4 Å². The molecule has 0 unspecified atom stereocenters. The Bertz CT molecular complexity index is 932. The highest BCUT2D eigenvalue weighted by Crippen LogP contribution is 2.26. The first-order valence-electron chi connectivity index (χ1n) is 8.83. The molecule has 1 amide bonds. The number of benzene rings is 1. The first-order valence-corrected chi connectivity index (χ1v) is 10.6. The van der Waals surface area contributed by atoms with Crippen LogP contribution in [0.3, 0.4) is 0 Å². The maximum Gasteiger partial charge on any atom is 0.340 e. The van der Waals surface area contributed by atoms with Crippen molar-refractivity contribution in [3.05, 3.63) is 80.7 Å². The lowest BCUT2D eigenvalue weighted by molar-refractivity contribution is -0.154. The number of likely N-dealkylation sites (N-methyl/N-ethyl adjacent to an activating group) is 1. The molecule has 3 rings (SSSR count). The second-order valence-corrected chi connectivity index (χ2v) is 8.21. The van der Waals surface area contributed by atoms with Crippen molar-refractivity contribution >= 4 is 46.2 Å². The highest BCUT2D eigenvalue weighted by Gasteiger charge is 2.24. The molecule has 0 spiro atoms. The molecule has 0 saturated carbocycles. The van der Waals surface area contributed by atoms with Crippen molar-refractivity contribution in [1.29, 1.82) is 0 Å². The molecule has 0 aliphatic rings. The Morgan fingerprint density at radius 3 is 2.39 bits per heavy atom. The lowest BCUT2D eigenvalue weighted by atomic mass is 10.2. The average molecular weight is 412 g/mol. The standard InChI is InChI=1S/C22H21NO3S2/c1-16(21(24)23(2)15-17-8-4-3-5-9-17)26-22(25)19(20-11-7-13-28-20)14-18-10-6-12-27-18/h3-14,16H,15H2,1-2H3/b19-14+/t16-/m0/s1. The Hall–Kier alpha value is -2.70. The van der Waals surface area contributed by atoms with Crippen LogP contribution in [-0.4, -0.2) is 29.9 Å². The Labute approximate surface area is 172 Å². The SMILES string of the molecule is C[C@H](OC(=O)/C(=C/c1cccs1)c1cccs1)C(=O)N(C)Cc1ccccc1. The maximum atomic E-state index is 12.8. The third-order valence-electron chi connectivity index (χ3n) is 4.11. The molecule has 0 aliphatic carbocycles. The first kappa shape index (κ1) is 20.0. The number of hydrogen-bond acceptors (Lipinski definition) is 5. The number of nitrogens with zero attached hydrogens (tertiary/aromatic N) is 1. The van der Waals surface area contributed by atoms with Crippen molar-refractivity contribution in [2.45, 2.75) is 19.6 Å². The van der Waals surface area contributed by atoms with Gasteiger partial charge in [-0.1, -0.05) is 42.5 Å². The second-order valence-electron chi connectivity index (χ2n) is 6.28. The molecule has 2 heterocycles. The van der Waals surface area contributed by atoms with Crippen molar-refractivity contribution in [2.24, 2.45) is 0 Å². The van der Waals surface area contributed by atoms with E-state index in [1.165, 1.54) is 11.3 Å². The zero-order valence-electron chi connectivity index (χ0n) is 15.7. The summed E-state index contributed by atoms with van der Waals surface area (Å²) in [4.78, 5) is 28.8. The summed E-state index contributed by atoms with van der Waals surface area (Å²) in [6, 6.07) is 17.3. The van der Waals surface area contributed by atoms with E-state index in [9.17, 15) is 9.59 Å². The van der Waals surface area contributed by atoms with Gasteiger partial charge in [-0.05, 0) is 41.5 Å². The van der Waals surface area contributed by atoms with Crippen LogP contribution < -0.4 is 0 Å². The summed E-state index contributed by atoms with van der Waals surface area (Å²) < 4.78 is 5.52. The Morgan fingerprint density at radius 2 is 1.75 bits per heavy atom. The van der Waals surface area contributed by atoms with Crippen molar-refractivity contribution < 1.29 is 14.3 Å².